The zero-order valence-corrected chi connectivity index (χ0v) is 8.96. The van der Waals surface area contributed by atoms with Crippen LogP contribution >= 0.6 is 11.8 Å². The van der Waals surface area contributed by atoms with Gasteiger partial charge in [0.25, 0.3) is 0 Å². The Morgan fingerprint density at radius 2 is 1.82 bits per heavy atom. The third-order valence-electron chi connectivity index (χ3n) is 1.43. The molecule has 0 aromatic carbocycles. The number of rotatable bonds is 5. The van der Waals surface area contributed by atoms with Crippen LogP contribution in [0.3, 0.4) is 0 Å². The SMILES string of the molecule is CSCCOCCC(C)(C)C. The van der Waals surface area contributed by atoms with Crippen LogP contribution in [0.25, 0.3) is 0 Å². The van der Waals surface area contributed by atoms with Crippen LogP contribution in [0.1, 0.15) is 27.2 Å². The standard InChI is InChI=1S/C9H20OS/c1-9(2,3)5-6-10-7-8-11-4/h5-8H2,1-4H3. The van der Waals surface area contributed by atoms with E-state index in [1.165, 1.54) is 0 Å². The first-order valence-corrected chi connectivity index (χ1v) is 5.52. The Bertz CT molecular complexity index is 86.1. The third kappa shape index (κ3) is 10.3. The maximum atomic E-state index is 5.43. The largest absolute Gasteiger partial charge is 0.381 e. The van der Waals surface area contributed by atoms with Gasteiger partial charge in [-0.2, -0.15) is 11.8 Å². The van der Waals surface area contributed by atoms with Crippen LogP contribution in [0, 0.1) is 5.41 Å². The van der Waals surface area contributed by atoms with Gasteiger partial charge in [-0.1, -0.05) is 20.8 Å². The molecule has 0 amide bonds. The second kappa shape index (κ2) is 5.90. The minimum absolute atomic E-state index is 0.416. The van der Waals surface area contributed by atoms with Gasteiger partial charge in [0.05, 0.1) is 6.61 Å². The Labute approximate surface area is 74.9 Å². The first-order chi connectivity index (χ1) is 5.06. The first-order valence-electron chi connectivity index (χ1n) is 4.13. The molecule has 0 aromatic heterocycles. The fraction of sp³-hybridized carbons (Fsp3) is 1.00. The van der Waals surface area contributed by atoms with E-state index in [-0.39, 0.29) is 0 Å². The molecule has 0 aliphatic carbocycles. The van der Waals surface area contributed by atoms with E-state index in [4.69, 9.17) is 4.74 Å². The van der Waals surface area contributed by atoms with Crippen molar-refractivity contribution in [2.45, 2.75) is 27.2 Å². The van der Waals surface area contributed by atoms with Gasteiger partial charge in [0.15, 0.2) is 0 Å². The van der Waals surface area contributed by atoms with Gasteiger partial charge in [0.2, 0.25) is 0 Å². The summed E-state index contributed by atoms with van der Waals surface area (Å²) in [6.07, 6.45) is 3.26. The lowest BCUT2D eigenvalue weighted by Crippen LogP contribution is -2.10. The van der Waals surface area contributed by atoms with E-state index in [9.17, 15) is 0 Å². The van der Waals surface area contributed by atoms with Gasteiger partial charge in [0.1, 0.15) is 0 Å². The highest BCUT2D eigenvalue weighted by atomic mass is 32.2. The molecule has 0 fully saturated rings. The summed E-state index contributed by atoms with van der Waals surface area (Å²) in [5.41, 5.74) is 0.416. The van der Waals surface area contributed by atoms with Gasteiger partial charge in [0, 0.05) is 12.4 Å². The molecule has 0 unspecified atom stereocenters. The van der Waals surface area contributed by atoms with Crippen LogP contribution < -0.4 is 0 Å². The van der Waals surface area contributed by atoms with Crippen molar-refractivity contribution in [3.63, 3.8) is 0 Å². The molecule has 0 bridgehead atoms. The summed E-state index contributed by atoms with van der Waals surface area (Å²) in [4.78, 5) is 0. The van der Waals surface area contributed by atoms with Gasteiger partial charge >= 0.3 is 0 Å². The Kier molecular flexibility index (Phi) is 6.06. The quantitative estimate of drug-likeness (QED) is 0.596. The highest BCUT2D eigenvalue weighted by Crippen LogP contribution is 2.17. The average molecular weight is 176 g/mol. The number of ether oxygens (including phenoxy) is 1. The molecular formula is C9H20OS. The highest BCUT2D eigenvalue weighted by Gasteiger charge is 2.08. The molecule has 0 saturated carbocycles. The molecule has 0 radical (unpaired) electrons. The van der Waals surface area contributed by atoms with Crippen LogP contribution in [0.4, 0.5) is 0 Å². The molecule has 68 valence electrons. The van der Waals surface area contributed by atoms with Crippen molar-refractivity contribution in [1.82, 2.24) is 0 Å². The van der Waals surface area contributed by atoms with Crippen molar-refractivity contribution in [3.8, 4) is 0 Å². The van der Waals surface area contributed by atoms with Crippen LogP contribution in [0.5, 0.6) is 0 Å². The summed E-state index contributed by atoms with van der Waals surface area (Å²) < 4.78 is 5.43. The van der Waals surface area contributed by atoms with Crippen molar-refractivity contribution in [2.75, 3.05) is 25.2 Å². The van der Waals surface area contributed by atoms with Crippen LogP contribution in [0.15, 0.2) is 0 Å². The van der Waals surface area contributed by atoms with Crippen molar-refractivity contribution in [2.24, 2.45) is 5.41 Å². The Morgan fingerprint density at radius 3 is 2.27 bits per heavy atom. The highest BCUT2D eigenvalue weighted by molar-refractivity contribution is 7.98. The second-order valence-electron chi connectivity index (χ2n) is 3.92. The predicted octanol–water partition coefficient (Wildman–Crippen LogP) is 2.80. The van der Waals surface area contributed by atoms with E-state index in [0.717, 1.165) is 25.4 Å². The van der Waals surface area contributed by atoms with Gasteiger partial charge in [-0.05, 0) is 18.1 Å². The van der Waals surface area contributed by atoms with Crippen molar-refractivity contribution < 1.29 is 4.74 Å². The second-order valence-corrected chi connectivity index (χ2v) is 4.90. The van der Waals surface area contributed by atoms with Crippen LogP contribution in [-0.4, -0.2) is 25.2 Å². The molecule has 0 aliphatic rings. The van der Waals surface area contributed by atoms with Crippen molar-refractivity contribution >= 4 is 11.8 Å². The van der Waals surface area contributed by atoms with E-state index in [1.54, 1.807) is 0 Å². The van der Waals surface area contributed by atoms with Crippen LogP contribution in [-0.2, 0) is 4.74 Å². The van der Waals surface area contributed by atoms with Gasteiger partial charge in [-0.3, -0.25) is 0 Å². The number of thioether (sulfide) groups is 1. The minimum Gasteiger partial charge on any atom is -0.381 e. The summed E-state index contributed by atoms with van der Waals surface area (Å²) in [7, 11) is 0. The van der Waals surface area contributed by atoms with E-state index in [0.29, 0.717) is 5.41 Å². The maximum absolute atomic E-state index is 5.43. The molecule has 0 heterocycles. The summed E-state index contributed by atoms with van der Waals surface area (Å²) >= 11 is 1.83. The monoisotopic (exact) mass is 176 g/mol. The summed E-state index contributed by atoms with van der Waals surface area (Å²) in [6, 6.07) is 0. The molecule has 0 atom stereocenters. The summed E-state index contributed by atoms with van der Waals surface area (Å²) in [6.45, 7) is 8.53. The maximum Gasteiger partial charge on any atom is 0.0556 e. The Hall–Kier alpha value is 0.310. The first kappa shape index (κ1) is 11.3. The molecule has 0 saturated heterocycles. The molecule has 0 aliphatic heterocycles. The average Bonchev–Trinajstić information content (AvgIpc) is 1.85. The number of hydrogen-bond acceptors (Lipinski definition) is 2. The molecule has 0 N–H and O–H groups in total. The van der Waals surface area contributed by atoms with E-state index in [2.05, 4.69) is 27.0 Å². The third-order valence-corrected chi connectivity index (χ3v) is 2.00. The Morgan fingerprint density at radius 1 is 1.18 bits per heavy atom. The summed E-state index contributed by atoms with van der Waals surface area (Å²) in [5.74, 6) is 1.12. The zero-order chi connectivity index (χ0) is 8.74. The molecule has 0 spiro atoms. The Balaban J connectivity index is 3.02. The molecule has 0 aromatic rings. The predicted molar refractivity (Wildman–Crippen MR) is 53.3 cm³/mol. The lowest BCUT2D eigenvalue weighted by molar-refractivity contribution is 0.121. The van der Waals surface area contributed by atoms with Gasteiger partial charge in [-0.25, -0.2) is 0 Å². The molecule has 1 nitrogen and oxygen atoms in total. The fourth-order valence-electron chi connectivity index (χ4n) is 0.623. The van der Waals surface area contributed by atoms with Crippen molar-refractivity contribution in [3.05, 3.63) is 0 Å². The minimum atomic E-state index is 0.416. The molecule has 0 rings (SSSR count). The number of hydrogen-bond donors (Lipinski definition) is 0. The van der Waals surface area contributed by atoms with Gasteiger partial charge < -0.3 is 4.74 Å². The fourth-order valence-corrected chi connectivity index (χ4v) is 0.907. The van der Waals surface area contributed by atoms with Gasteiger partial charge in [-0.15, -0.1) is 0 Å². The topological polar surface area (TPSA) is 9.23 Å². The molecule has 11 heavy (non-hydrogen) atoms. The summed E-state index contributed by atoms with van der Waals surface area (Å²) in [5, 5.41) is 0. The normalized spacial score (nSPS) is 12.0. The van der Waals surface area contributed by atoms with E-state index < -0.39 is 0 Å². The smallest absolute Gasteiger partial charge is 0.0556 e. The lowest BCUT2D eigenvalue weighted by atomic mass is 9.93. The zero-order valence-electron chi connectivity index (χ0n) is 8.14. The van der Waals surface area contributed by atoms with E-state index >= 15 is 0 Å². The van der Waals surface area contributed by atoms with E-state index in [1.807, 2.05) is 11.8 Å². The van der Waals surface area contributed by atoms with Crippen molar-refractivity contribution in [1.29, 1.82) is 0 Å². The lowest BCUT2D eigenvalue weighted by Gasteiger charge is -2.17. The van der Waals surface area contributed by atoms with Crippen LogP contribution in [0.2, 0.25) is 0 Å². The molecule has 2 heteroatoms. The molecular weight excluding hydrogens is 156 g/mol.